The van der Waals surface area contributed by atoms with Gasteiger partial charge in [0.25, 0.3) is 0 Å². The molecule has 0 aromatic carbocycles. The predicted octanol–water partition coefficient (Wildman–Crippen LogP) is 3.29. The summed E-state index contributed by atoms with van der Waals surface area (Å²) in [5, 5.41) is 0. The van der Waals surface area contributed by atoms with Gasteiger partial charge >= 0.3 is 5.97 Å². The standard InChI is InChI=1S/C7H12O2.I2/c1-3-5-6-9-7(8)4-2;1-2/h4H,2-3,5-6H2,1H3;. The molecule has 0 atom stereocenters. The van der Waals surface area contributed by atoms with Crippen LogP contribution < -0.4 is 0 Å². The Balaban J connectivity index is 0. The number of esters is 1. The lowest BCUT2D eigenvalue weighted by Crippen LogP contribution is -2.00. The van der Waals surface area contributed by atoms with Crippen molar-refractivity contribution in [1.82, 2.24) is 0 Å². The summed E-state index contributed by atoms with van der Waals surface area (Å²) in [4.78, 5) is 10.3. The summed E-state index contributed by atoms with van der Waals surface area (Å²) in [6.45, 7) is 5.82. The van der Waals surface area contributed by atoms with Gasteiger partial charge in [0.2, 0.25) is 0 Å². The summed E-state index contributed by atoms with van der Waals surface area (Å²) >= 11 is 4.24. The van der Waals surface area contributed by atoms with Crippen LogP contribution in [-0.4, -0.2) is 12.6 Å². The van der Waals surface area contributed by atoms with E-state index < -0.39 is 0 Å². The van der Waals surface area contributed by atoms with Crippen molar-refractivity contribution in [2.24, 2.45) is 0 Å². The highest BCUT2D eigenvalue weighted by molar-refractivity contribution is 15.0. The van der Waals surface area contributed by atoms with E-state index in [1.807, 2.05) is 6.92 Å². The lowest BCUT2D eigenvalue weighted by Gasteiger charge is -1.97. The minimum atomic E-state index is -0.330. The van der Waals surface area contributed by atoms with Crippen molar-refractivity contribution >= 4 is 43.2 Å². The summed E-state index contributed by atoms with van der Waals surface area (Å²) in [6, 6.07) is 0. The maximum absolute atomic E-state index is 10.3. The number of carbonyl (C=O) groups is 1. The molecule has 66 valence electrons. The molecule has 0 rings (SSSR count). The fraction of sp³-hybridized carbons (Fsp3) is 0.571. The van der Waals surface area contributed by atoms with Crippen molar-refractivity contribution < 1.29 is 9.53 Å². The molecule has 0 saturated heterocycles. The second kappa shape index (κ2) is 13.3. The van der Waals surface area contributed by atoms with Crippen molar-refractivity contribution in [2.75, 3.05) is 6.61 Å². The van der Waals surface area contributed by atoms with Crippen molar-refractivity contribution in [3.05, 3.63) is 12.7 Å². The van der Waals surface area contributed by atoms with Gasteiger partial charge in [-0.2, -0.15) is 0 Å². The summed E-state index contributed by atoms with van der Waals surface area (Å²) in [7, 11) is 0. The molecule has 0 radical (unpaired) electrons. The summed E-state index contributed by atoms with van der Waals surface area (Å²) in [6.07, 6.45) is 3.15. The summed E-state index contributed by atoms with van der Waals surface area (Å²) in [5.74, 6) is -0.330. The van der Waals surface area contributed by atoms with Crippen LogP contribution in [0.15, 0.2) is 12.7 Å². The maximum Gasteiger partial charge on any atom is 0.330 e. The molecule has 2 nitrogen and oxygen atoms in total. The van der Waals surface area contributed by atoms with Gasteiger partial charge in [-0.3, -0.25) is 0 Å². The van der Waals surface area contributed by atoms with E-state index >= 15 is 0 Å². The predicted molar refractivity (Wildman–Crippen MR) is 64.1 cm³/mol. The van der Waals surface area contributed by atoms with Crippen molar-refractivity contribution in [2.45, 2.75) is 19.8 Å². The zero-order valence-corrected chi connectivity index (χ0v) is 10.8. The molecular formula is C7H12I2O2. The highest BCUT2D eigenvalue weighted by Gasteiger charge is 1.91. The smallest absolute Gasteiger partial charge is 0.330 e. The van der Waals surface area contributed by atoms with Crippen LogP contribution >= 0.6 is 37.2 Å². The minimum absolute atomic E-state index is 0.330. The fourth-order valence-corrected chi connectivity index (χ4v) is 0.376. The molecule has 0 fully saturated rings. The number of hydrogen-bond donors (Lipinski definition) is 0. The van der Waals surface area contributed by atoms with E-state index in [1.165, 1.54) is 6.08 Å². The molecule has 4 heteroatoms. The molecule has 0 aliphatic heterocycles. The van der Waals surface area contributed by atoms with E-state index in [2.05, 4.69) is 48.5 Å². The molecule has 0 heterocycles. The summed E-state index contributed by atoms with van der Waals surface area (Å²) in [5.41, 5.74) is 0. The molecular weight excluding hydrogens is 370 g/mol. The molecule has 0 N–H and O–H groups in total. The largest absolute Gasteiger partial charge is 0.463 e. The number of carbonyl (C=O) groups excluding carboxylic acids is 1. The number of hydrogen-bond acceptors (Lipinski definition) is 2. The Bertz CT molecular complexity index is 105. The van der Waals surface area contributed by atoms with Gasteiger partial charge in [-0.25, -0.2) is 4.79 Å². The normalized spacial score (nSPS) is 7.55. The van der Waals surface area contributed by atoms with Gasteiger partial charge in [0.15, 0.2) is 0 Å². The first-order valence-electron chi connectivity index (χ1n) is 3.24. The van der Waals surface area contributed by atoms with E-state index in [0.29, 0.717) is 6.61 Å². The minimum Gasteiger partial charge on any atom is -0.463 e. The zero-order chi connectivity index (χ0) is 9.11. The third-order valence-electron chi connectivity index (χ3n) is 0.909. The van der Waals surface area contributed by atoms with Crippen LogP contribution in [0.2, 0.25) is 0 Å². The van der Waals surface area contributed by atoms with E-state index in [9.17, 15) is 4.79 Å². The SMILES string of the molecule is C=CC(=O)OCCCC.II. The Hall–Kier alpha value is 0.670. The van der Waals surface area contributed by atoms with E-state index in [4.69, 9.17) is 0 Å². The second-order valence-corrected chi connectivity index (χ2v) is 1.73. The molecule has 0 unspecified atom stereocenters. The molecule has 0 aromatic heterocycles. The molecule has 0 aromatic rings. The number of ether oxygens (including phenoxy) is 1. The van der Waals surface area contributed by atoms with Gasteiger partial charge in [0.1, 0.15) is 0 Å². The Morgan fingerprint density at radius 1 is 1.64 bits per heavy atom. The van der Waals surface area contributed by atoms with Gasteiger partial charge in [-0.1, -0.05) is 19.9 Å². The lowest BCUT2D eigenvalue weighted by molar-refractivity contribution is -0.137. The molecule has 0 amide bonds. The first-order valence-corrected chi connectivity index (χ1v) is 9.53. The molecule has 0 spiro atoms. The van der Waals surface area contributed by atoms with Crippen LogP contribution in [0.25, 0.3) is 0 Å². The zero-order valence-electron chi connectivity index (χ0n) is 6.48. The van der Waals surface area contributed by atoms with Crippen LogP contribution in [0.3, 0.4) is 0 Å². The fourth-order valence-electron chi connectivity index (χ4n) is 0.376. The van der Waals surface area contributed by atoms with Gasteiger partial charge in [0, 0.05) is 43.3 Å². The number of rotatable bonds is 4. The van der Waals surface area contributed by atoms with E-state index in [-0.39, 0.29) is 5.97 Å². The van der Waals surface area contributed by atoms with Crippen LogP contribution in [-0.2, 0) is 9.53 Å². The van der Waals surface area contributed by atoms with Gasteiger partial charge in [0.05, 0.1) is 6.61 Å². The second-order valence-electron chi connectivity index (χ2n) is 1.73. The topological polar surface area (TPSA) is 26.3 Å². The van der Waals surface area contributed by atoms with Crippen LogP contribution in [0.1, 0.15) is 19.8 Å². The third kappa shape index (κ3) is 13.6. The maximum atomic E-state index is 10.3. The molecule has 11 heavy (non-hydrogen) atoms. The quantitative estimate of drug-likeness (QED) is 0.323. The van der Waals surface area contributed by atoms with Crippen molar-refractivity contribution in [3.8, 4) is 0 Å². The van der Waals surface area contributed by atoms with Crippen LogP contribution in [0.5, 0.6) is 0 Å². The molecule has 0 aliphatic carbocycles. The molecule has 0 bridgehead atoms. The van der Waals surface area contributed by atoms with Crippen LogP contribution in [0, 0.1) is 0 Å². The highest BCUT2D eigenvalue weighted by atomic mass is 128. The Morgan fingerprint density at radius 3 is 2.55 bits per heavy atom. The van der Waals surface area contributed by atoms with Crippen molar-refractivity contribution in [3.63, 3.8) is 0 Å². The average molecular weight is 382 g/mol. The molecule has 0 aliphatic rings. The highest BCUT2D eigenvalue weighted by Crippen LogP contribution is 1.89. The Labute approximate surface area is 91.1 Å². The van der Waals surface area contributed by atoms with E-state index in [1.54, 1.807) is 0 Å². The van der Waals surface area contributed by atoms with Gasteiger partial charge in [-0.05, 0) is 6.42 Å². The summed E-state index contributed by atoms with van der Waals surface area (Å²) < 4.78 is 4.67. The monoisotopic (exact) mass is 382 g/mol. The molecule has 0 saturated carbocycles. The first kappa shape index (κ1) is 14.2. The van der Waals surface area contributed by atoms with Gasteiger partial charge < -0.3 is 4.74 Å². The van der Waals surface area contributed by atoms with Crippen molar-refractivity contribution in [1.29, 1.82) is 0 Å². The average Bonchev–Trinajstić information content (AvgIpc) is 2.08. The first-order chi connectivity index (χ1) is 5.31. The number of halogens is 2. The Kier molecular flexibility index (Phi) is 17.1. The third-order valence-corrected chi connectivity index (χ3v) is 0.909. The van der Waals surface area contributed by atoms with E-state index in [0.717, 1.165) is 12.8 Å². The Morgan fingerprint density at radius 2 is 2.18 bits per heavy atom. The van der Waals surface area contributed by atoms with Gasteiger partial charge in [-0.15, -0.1) is 0 Å². The lowest BCUT2D eigenvalue weighted by atomic mass is 10.4. The van der Waals surface area contributed by atoms with Crippen LogP contribution in [0.4, 0.5) is 0 Å². The number of unbranched alkanes of at least 4 members (excludes halogenated alkanes) is 1.